The number of piperazine rings is 1. The number of ether oxygens (including phenoxy) is 1. The van der Waals surface area contributed by atoms with Gasteiger partial charge in [-0.3, -0.25) is 4.90 Å². The lowest BCUT2D eigenvalue weighted by Crippen LogP contribution is -2.53. The minimum Gasteiger partial charge on any atom is -0.377 e. The SMILES string of the molecule is CC(C)CC1CN(CC2CCCCO2)CCN1. The maximum atomic E-state index is 5.83. The van der Waals surface area contributed by atoms with Crippen LogP contribution in [0.5, 0.6) is 0 Å². The zero-order valence-electron chi connectivity index (χ0n) is 11.5. The molecule has 2 fully saturated rings. The van der Waals surface area contributed by atoms with E-state index in [0.717, 1.165) is 25.6 Å². The predicted molar refractivity (Wildman–Crippen MR) is 71.3 cm³/mol. The van der Waals surface area contributed by atoms with Crippen LogP contribution < -0.4 is 5.32 Å². The molecule has 2 rings (SSSR count). The first kappa shape index (κ1) is 13.3. The molecule has 0 saturated carbocycles. The van der Waals surface area contributed by atoms with Crippen molar-refractivity contribution in [2.75, 3.05) is 32.8 Å². The van der Waals surface area contributed by atoms with E-state index in [1.807, 2.05) is 0 Å². The number of rotatable bonds is 4. The van der Waals surface area contributed by atoms with Crippen molar-refractivity contribution in [1.29, 1.82) is 0 Å². The Bertz CT molecular complexity index is 214. The Hall–Kier alpha value is -0.120. The van der Waals surface area contributed by atoms with Gasteiger partial charge in [0.05, 0.1) is 6.10 Å². The zero-order chi connectivity index (χ0) is 12.1. The van der Waals surface area contributed by atoms with E-state index >= 15 is 0 Å². The van der Waals surface area contributed by atoms with Crippen LogP contribution in [0.25, 0.3) is 0 Å². The number of nitrogens with one attached hydrogen (secondary N) is 1. The van der Waals surface area contributed by atoms with Crippen LogP contribution in [0.3, 0.4) is 0 Å². The number of nitrogens with zero attached hydrogens (tertiary/aromatic N) is 1. The molecule has 0 amide bonds. The van der Waals surface area contributed by atoms with Gasteiger partial charge < -0.3 is 10.1 Å². The maximum absolute atomic E-state index is 5.83. The van der Waals surface area contributed by atoms with Crippen LogP contribution in [-0.2, 0) is 4.74 Å². The highest BCUT2D eigenvalue weighted by molar-refractivity contribution is 4.81. The van der Waals surface area contributed by atoms with Crippen LogP contribution in [-0.4, -0.2) is 49.8 Å². The molecule has 100 valence electrons. The van der Waals surface area contributed by atoms with E-state index in [1.54, 1.807) is 0 Å². The summed E-state index contributed by atoms with van der Waals surface area (Å²) in [6, 6.07) is 0.687. The highest BCUT2D eigenvalue weighted by atomic mass is 16.5. The van der Waals surface area contributed by atoms with Gasteiger partial charge >= 0.3 is 0 Å². The molecular formula is C14H28N2O. The molecule has 0 aromatic carbocycles. The molecule has 2 aliphatic rings. The van der Waals surface area contributed by atoms with Crippen molar-refractivity contribution >= 4 is 0 Å². The van der Waals surface area contributed by atoms with Crippen LogP contribution in [0.1, 0.15) is 39.5 Å². The Kier molecular flexibility index (Phi) is 5.26. The summed E-state index contributed by atoms with van der Waals surface area (Å²) >= 11 is 0. The summed E-state index contributed by atoms with van der Waals surface area (Å²) in [4.78, 5) is 2.60. The smallest absolute Gasteiger partial charge is 0.0702 e. The largest absolute Gasteiger partial charge is 0.377 e. The summed E-state index contributed by atoms with van der Waals surface area (Å²) in [7, 11) is 0. The molecule has 3 heteroatoms. The summed E-state index contributed by atoms with van der Waals surface area (Å²) in [5.41, 5.74) is 0. The third-order valence-corrected chi connectivity index (χ3v) is 3.83. The van der Waals surface area contributed by atoms with Crippen LogP contribution in [0.2, 0.25) is 0 Å². The average Bonchev–Trinajstić information content (AvgIpc) is 2.30. The molecule has 3 nitrogen and oxygen atoms in total. The molecule has 2 atom stereocenters. The first-order valence-corrected chi connectivity index (χ1v) is 7.31. The molecule has 0 radical (unpaired) electrons. The summed E-state index contributed by atoms with van der Waals surface area (Å²) in [5, 5.41) is 3.64. The summed E-state index contributed by atoms with van der Waals surface area (Å²) in [6.07, 6.45) is 5.67. The Balaban J connectivity index is 1.72. The van der Waals surface area contributed by atoms with E-state index < -0.39 is 0 Å². The minimum absolute atomic E-state index is 0.501. The molecule has 0 aliphatic carbocycles. The van der Waals surface area contributed by atoms with E-state index in [9.17, 15) is 0 Å². The fourth-order valence-electron chi connectivity index (χ4n) is 3.03. The van der Waals surface area contributed by atoms with Crippen molar-refractivity contribution in [3.05, 3.63) is 0 Å². The third kappa shape index (κ3) is 4.57. The Morgan fingerprint density at radius 1 is 1.35 bits per heavy atom. The summed E-state index contributed by atoms with van der Waals surface area (Å²) in [5.74, 6) is 0.790. The van der Waals surface area contributed by atoms with Gasteiger partial charge in [0.25, 0.3) is 0 Å². The lowest BCUT2D eigenvalue weighted by molar-refractivity contribution is -0.0106. The van der Waals surface area contributed by atoms with Crippen LogP contribution in [0.4, 0.5) is 0 Å². The molecule has 2 unspecified atom stereocenters. The maximum Gasteiger partial charge on any atom is 0.0702 e. The van der Waals surface area contributed by atoms with Crippen molar-refractivity contribution in [3.8, 4) is 0 Å². The quantitative estimate of drug-likeness (QED) is 0.812. The van der Waals surface area contributed by atoms with Crippen molar-refractivity contribution in [1.82, 2.24) is 10.2 Å². The molecule has 2 heterocycles. The second kappa shape index (κ2) is 6.72. The van der Waals surface area contributed by atoms with E-state index in [2.05, 4.69) is 24.1 Å². The van der Waals surface area contributed by atoms with Crippen molar-refractivity contribution in [2.24, 2.45) is 5.92 Å². The highest BCUT2D eigenvalue weighted by Crippen LogP contribution is 2.16. The molecule has 17 heavy (non-hydrogen) atoms. The van der Waals surface area contributed by atoms with E-state index in [0.29, 0.717) is 12.1 Å². The number of hydrogen-bond acceptors (Lipinski definition) is 3. The van der Waals surface area contributed by atoms with Gasteiger partial charge in [-0.15, -0.1) is 0 Å². The van der Waals surface area contributed by atoms with Gasteiger partial charge in [-0.05, 0) is 31.6 Å². The van der Waals surface area contributed by atoms with Crippen LogP contribution in [0, 0.1) is 5.92 Å². The Morgan fingerprint density at radius 3 is 2.94 bits per heavy atom. The van der Waals surface area contributed by atoms with E-state index in [4.69, 9.17) is 4.74 Å². The second-order valence-corrected chi connectivity index (χ2v) is 6.03. The minimum atomic E-state index is 0.501. The standard InChI is InChI=1S/C14H28N2O/c1-12(2)9-13-10-16(7-6-15-13)11-14-5-3-4-8-17-14/h12-15H,3-11H2,1-2H3. The Morgan fingerprint density at radius 2 is 2.24 bits per heavy atom. The van der Waals surface area contributed by atoms with Gasteiger partial charge in [-0.25, -0.2) is 0 Å². The lowest BCUT2D eigenvalue weighted by atomic mass is 10.0. The molecule has 0 aromatic heterocycles. The van der Waals surface area contributed by atoms with Gasteiger partial charge in [-0.2, -0.15) is 0 Å². The van der Waals surface area contributed by atoms with Gasteiger partial charge in [0, 0.05) is 38.8 Å². The topological polar surface area (TPSA) is 24.5 Å². The monoisotopic (exact) mass is 240 g/mol. The zero-order valence-corrected chi connectivity index (χ0v) is 11.5. The normalized spacial score (nSPS) is 31.9. The summed E-state index contributed by atoms with van der Waals surface area (Å²) in [6.45, 7) is 10.3. The fourth-order valence-corrected chi connectivity index (χ4v) is 3.03. The molecule has 0 spiro atoms. The molecule has 1 N–H and O–H groups in total. The predicted octanol–water partition coefficient (Wildman–Crippen LogP) is 1.88. The van der Waals surface area contributed by atoms with Crippen molar-refractivity contribution in [3.63, 3.8) is 0 Å². The Labute approximate surface area is 106 Å². The highest BCUT2D eigenvalue weighted by Gasteiger charge is 2.23. The number of hydrogen-bond donors (Lipinski definition) is 1. The van der Waals surface area contributed by atoms with Gasteiger partial charge in [0.2, 0.25) is 0 Å². The van der Waals surface area contributed by atoms with Crippen LogP contribution >= 0.6 is 0 Å². The molecule has 2 aliphatic heterocycles. The summed E-state index contributed by atoms with van der Waals surface area (Å²) < 4.78 is 5.83. The molecular weight excluding hydrogens is 212 g/mol. The first-order valence-electron chi connectivity index (χ1n) is 7.31. The van der Waals surface area contributed by atoms with Crippen molar-refractivity contribution < 1.29 is 4.74 Å². The lowest BCUT2D eigenvalue weighted by Gasteiger charge is -2.37. The van der Waals surface area contributed by atoms with E-state index in [-0.39, 0.29) is 0 Å². The van der Waals surface area contributed by atoms with Gasteiger partial charge in [0.15, 0.2) is 0 Å². The second-order valence-electron chi connectivity index (χ2n) is 6.03. The van der Waals surface area contributed by atoms with Crippen molar-refractivity contribution in [2.45, 2.75) is 51.7 Å². The molecule has 2 saturated heterocycles. The molecule has 0 bridgehead atoms. The third-order valence-electron chi connectivity index (χ3n) is 3.83. The van der Waals surface area contributed by atoms with E-state index in [1.165, 1.54) is 38.8 Å². The average molecular weight is 240 g/mol. The molecule has 0 aromatic rings. The van der Waals surface area contributed by atoms with Crippen LogP contribution in [0.15, 0.2) is 0 Å². The first-order chi connectivity index (χ1) is 8.24. The van der Waals surface area contributed by atoms with Gasteiger partial charge in [0.1, 0.15) is 0 Å². The van der Waals surface area contributed by atoms with Gasteiger partial charge in [-0.1, -0.05) is 13.8 Å². The fraction of sp³-hybridized carbons (Fsp3) is 1.00.